The monoisotopic (exact) mass is 394 g/mol. The van der Waals surface area contributed by atoms with E-state index in [0.717, 1.165) is 16.5 Å². The highest BCUT2D eigenvalue weighted by molar-refractivity contribution is 6.03. The predicted octanol–water partition coefficient (Wildman–Crippen LogP) is 3.33. The van der Waals surface area contributed by atoms with E-state index < -0.39 is 18.5 Å². The van der Waals surface area contributed by atoms with Crippen molar-refractivity contribution < 1.29 is 23.9 Å². The number of pyridine rings is 1. The van der Waals surface area contributed by atoms with Gasteiger partial charge in [-0.3, -0.25) is 14.6 Å². The maximum atomic E-state index is 12.6. The Morgan fingerprint density at radius 3 is 2.59 bits per heavy atom. The number of ether oxygens (including phenoxy) is 2. The summed E-state index contributed by atoms with van der Waals surface area (Å²) in [6.45, 7) is 4.89. The van der Waals surface area contributed by atoms with Gasteiger partial charge in [0.15, 0.2) is 6.61 Å². The second-order valence-corrected chi connectivity index (χ2v) is 6.60. The molecule has 0 amide bonds. The van der Waals surface area contributed by atoms with Gasteiger partial charge in [0.25, 0.3) is 0 Å². The van der Waals surface area contributed by atoms with Gasteiger partial charge in [0, 0.05) is 22.8 Å². The van der Waals surface area contributed by atoms with Gasteiger partial charge in [0.1, 0.15) is 5.69 Å². The third kappa shape index (κ3) is 4.34. The quantitative estimate of drug-likeness (QED) is 0.488. The van der Waals surface area contributed by atoms with Gasteiger partial charge < -0.3 is 14.5 Å². The van der Waals surface area contributed by atoms with Crippen LogP contribution in [0.25, 0.3) is 10.9 Å². The fourth-order valence-electron chi connectivity index (χ4n) is 3.31. The molecule has 0 aliphatic rings. The number of rotatable bonds is 7. The molecule has 0 aliphatic carbocycles. The molecule has 0 spiro atoms. The van der Waals surface area contributed by atoms with Crippen LogP contribution in [0.2, 0.25) is 0 Å². The molecule has 0 bridgehead atoms. The lowest BCUT2D eigenvalue weighted by Crippen LogP contribution is -2.17. The summed E-state index contributed by atoms with van der Waals surface area (Å²) in [5, 5.41) is 0.930. The number of Topliss-reactive ketones (excluding diaryl/α,β-unsaturated/α-hetero) is 1. The Morgan fingerprint density at radius 1 is 1.07 bits per heavy atom. The fourth-order valence-corrected chi connectivity index (χ4v) is 3.31. The number of carbonyl (C=O) groups is 3. The summed E-state index contributed by atoms with van der Waals surface area (Å²) >= 11 is 0. The van der Waals surface area contributed by atoms with Gasteiger partial charge >= 0.3 is 11.9 Å². The summed E-state index contributed by atoms with van der Waals surface area (Å²) < 4.78 is 10.2. The fraction of sp³-hybridized carbons (Fsp3) is 0.273. The van der Waals surface area contributed by atoms with Crippen LogP contribution >= 0.6 is 0 Å². The number of hydrogen-bond donors (Lipinski definition) is 1. The highest BCUT2D eigenvalue weighted by atomic mass is 16.5. The van der Waals surface area contributed by atoms with Crippen LogP contribution in [-0.4, -0.2) is 40.9 Å². The lowest BCUT2D eigenvalue weighted by molar-refractivity contribution is -0.141. The Hall–Kier alpha value is -3.48. The van der Waals surface area contributed by atoms with E-state index in [4.69, 9.17) is 9.47 Å². The van der Waals surface area contributed by atoms with Crippen LogP contribution < -0.4 is 0 Å². The van der Waals surface area contributed by atoms with Crippen molar-refractivity contribution in [2.75, 3.05) is 13.2 Å². The normalized spacial score (nSPS) is 10.7. The molecule has 1 N–H and O–H groups in total. The van der Waals surface area contributed by atoms with Crippen molar-refractivity contribution in [1.82, 2.24) is 9.97 Å². The van der Waals surface area contributed by atoms with Crippen molar-refractivity contribution in [3.63, 3.8) is 0 Å². The Bertz CT molecular complexity index is 1080. The smallest absolute Gasteiger partial charge is 0.355 e. The molecule has 0 aliphatic heterocycles. The first-order valence-electron chi connectivity index (χ1n) is 9.30. The van der Waals surface area contributed by atoms with Gasteiger partial charge in [-0.25, -0.2) is 4.79 Å². The van der Waals surface area contributed by atoms with E-state index in [9.17, 15) is 14.4 Å². The van der Waals surface area contributed by atoms with E-state index in [1.54, 1.807) is 27.0 Å². The standard InChI is InChI=1S/C22H22N2O5/c1-4-28-22(27)20-13(2)19(14(3)24-20)17(25)12-29-18(26)11-16-8-5-7-15-9-6-10-23-21(15)16/h5-10,24H,4,11-12H2,1-3H3. The van der Waals surface area contributed by atoms with E-state index in [2.05, 4.69) is 9.97 Å². The zero-order valence-electron chi connectivity index (χ0n) is 16.6. The average molecular weight is 394 g/mol. The van der Waals surface area contributed by atoms with E-state index in [1.165, 1.54) is 0 Å². The topological polar surface area (TPSA) is 98.4 Å². The summed E-state index contributed by atoms with van der Waals surface area (Å²) in [6, 6.07) is 9.32. The molecular formula is C22H22N2O5. The summed E-state index contributed by atoms with van der Waals surface area (Å²) in [7, 11) is 0. The van der Waals surface area contributed by atoms with Crippen LogP contribution in [0.5, 0.6) is 0 Å². The molecule has 3 aromatic rings. The van der Waals surface area contributed by atoms with Crippen LogP contribution in [-0.2, 0) is 20.7 Å². The zero-order valence-corrected chi connectivity index (χ0v) is 16.6. The minimum atomic E-state index is -0.521. The zero-order chi connectivity index (χ0) is 21.0. The average Bonchev–Trinajstić information content (AvgIpc) is 3.01. The molecule has 7 nitrogen and oxygen atoms in total. The molecule has 0 unspecified atom stereocenters. The maximum absolute atomic E-state index is 12.6. The predicted molar refractivity (Wildman–Crippen MR) is 107 cm³/mol. The van der Waals surface area contributed by atoms with Gasteiger partial charge in [0.05, 0.1) is 18.5 Å². The van der Waals surface area contributed by atoms with Crippen molar-refractivity contribution in [3.05, 3.63) is 64.6 Å². The van der Waals surface area contributed by atoms with E-state index >= 15 is 0 Å². The Balaban J connectivity index is 1.68. The number of aromatic amines is 1. The molecule has 29 heavy (non-hydrogen) atoms. The highest BCUT2D eigenvalue weighted by Crippen LogP contribution is 2.20. The second kappa shape index (κ2) is 8.68. The molecule has 1 aromatic carbocycles. The molecule has 2 aromatic heterocycles. The molecule has 0 radical (unpaired) electrons. The van der Waals surface area contributed by atoms with Crippen LogP contribution in [0.1, 0.15) is 44.6 Å². The third-order valence-corrected chi connectivity index (χ3v) is 4.61. The van der Waals surface area contributed by atoms with Crippen LogP contribution in [0.4, 0.5) is 0 Å². The van der Waals surface area contributed by atoms with Crippen molar-refractivity contribution in [2.24, 2.45) is 0 Å². The van der Waals surface area contributed by atoms with Crippen LogP contribution in [0.3, 0.4) is 0 Å². The first-order valence-corrected chi connectivity index (χ1v) is 9.30. The summed E-state index contributed by atoms with van der Waals surface area (Å²) in [5.74, 6) is -1.42. The number of hydrogen-bond acceptors (Lipinski definition) is 6. The molecule has 150 valence electrons. The van der Waals surface area contributed by atoms with Crippen LogP contribution in [0.15, 0.2) is 36.5 Å². The Morgan fingerprint density at radius 2 is 1.83 bits per heavy atom. The lowest BCUT2D eigenvalue weighted by atomic mass is 10.1. The third-order valence-electron chi connectivity index (χ3n) is 4.61. The van der Waals surface area contributed by atoms with Crippen molar-refractivity contribution >= 4 is 28.6 Å². The maximum Gasteiger partial charge on any atom is 0.355 e. The minimum Gasteiger partial charge on any atom is -0.461 e. The number of aromatic nitrogens is 2. The first-order chi connectivity index (χ1) is 13.9. The molecule has 0 saturated heterocycles. The van der Waals surface area contributed by atoms with Gasteiger partial charge in [-0.2, -0.15) is 0 Å². The minimum absolute atomic E-state index is 0.0147. The van der Waals surface area contributed by atoms with Crippen molar-refractivity contribution in [3.8, 4) is 0 Å². The number of H-pyrrole nitrogens is 1. The van der Waals surface area contributed by atoms with Gasteiger partial charge in [0.2, 0.25) is 5.78 Å². The van der Waals surface area contributed by atoms with E-state index in [1.807, 2.05) is 30.3 Å². The Labute approximate surface area is 168 Å². The van der Waals surface area contributed by atoms with Crippen molar-refractivity contribution in [2.45, 2.75) is 27.2 Å². The van der Waals surface area contributed by atoms with E-state index in [-0.39, 0.29) is 24.5 Å². The number of esters is 2. The molecule has 3 rings (SSSR count). The van der Waals surface area contributed by atoms with Gasteiger partial charge in [-0.15, -0.1) is 0 Å². The summed E-state index contributed by atoms with van der Waals surface area (Å²) in [6.07, 6.45) is 1.68. The number of ketones is 1. The van der Waals surface area contributed by atoms with Crippen LogP contribution in [0, 0.1) is 13.8 Å². The van der Waals surface area contributed by atoms with Gasteiger partial charge in [-0.05, 0) is 38.0 Å². The number of fused-ring (bicyclic) bond motifs is 1. The molecule has 0 atom stereocenters. The van der Waals surface area contributed by atoms with Gasteiger partial charge in [-0.1, -0.05) is 24.3 Å². The lowest BCUT2D eigenvalue weighted by Gasteiger charge is -2.07. The molecule has 0 fully saturated rings. The molecule has 2 heterocycles. The Kier molecular flexibility index (Phi) is 6.07. The molecule has 0 saturated carbocycles. The van der Waals surface area contributed by atoms with Crippen molar-refractivity contribution in [1.29, 1.82) is 0 Å². The SMILES string of the molecule is CCOC(=O)c1[nH]c(C)c(C(=O)COC(=O)Cc2cccc3cccnc23)c1C. The largest absolute Gasteiger partial charge is 0.461 e. The second-order valence-electron chi connectivity index (χ2n) is 6.60. The summed E-state index contributed by atoms with van der Waals surface area (Å²) in [4.78, 5) is 44.0. The molecular weight excluding hydrogens is 372 g/mol. The number of benzene rings is 1. The highest BCUT2D eigenvalue weighted by Gasteiger charge is 2.23. The van der Waals surface area contributed by atoms with E-state index in [0.29, 0.717) is 16.8 Å². The number of aryl methyl sites for hydroxylation is 1. The first kappa shape index (κ1) is 20.3. The number of para-hydroxylation sites is 1. The summed E-state index contributed by atoms with van der Waals surface area (Å²) in [5.41, 5.74) is 3.06. The number of nitrogens with zero attached hydrogens (tertiary/aromatic N) is 1. The number of carbonyl (C=O) groups excluding carboxylic acids is 3. The number of nitrogens with one attached hydrogen (secondary N) is 1. The molecule has 7 heteroatoms.